The Morgan fingerprint density at radius 1 is 0.846 bits per heavy atom. The average Bonchev–Trinajstić information content (AvgIpc) is 2.96. The van der Waals surface area contributed by atoms with Gasteiger partial charge in [0.25, 0.3) is 17.4 Å². The number of rotatable bonds is 7. The van der Waals surface area contributed by atoms with Gasteiger partial charge in [0.1, 0.15) is 5.82 Å². The van der Waals surface area contributed by atoms with Crippen LogP contribution in [0.5, 0.6) is 0 Å². The Balaban J connectivity index is 1.25. The molecule has 0 atom stereocenters. The molecule has 5 aromatic rings. The van der Waals surface area contributed by atoms with Crippen molar-refractivity contribution in [1.29, 1.82) is 0 Å². The van der Waals surface area contributed by atoms with Gasteiger partial charge in [-0.25, -0.2) is 9.49 Å². The van der Waals surface area contributed by atoms with Crippen LogP contribution in [0.4, 0.5) is 15.8 Å². The van der Waals surface area contributed by atoms with E-state index in [0.29, 0.717) is 45.4 Å². The number of hydrogen-bond donors (Lipinski definition) is 4. The summed E-state index contributed by atoms with van der Waals surface area (Å²) in [6.07, 6.45) is 0.302. The third-order valence-corrected chi connectivity index (χ3v) is 6.30. The van der Waals surface area contributed by atoms with E-state index in [1.54, 1.807) is 72.8 Å². The molecule has 39 heavy (non-hydrogen) atoms. The van der Waals surface area contributed by atoms with Crippen molar-refractivity contribution < 1.29 is 14.0 Å². The van der Waals surface area contributed by atoms with Gasteiger partial charge in [-0.2, -0.15) is 5.10 Å². The van der Waals surface area contributed by atoms with Crippen molar-refractivity contribution in [2.75, 3.05) is 11.1 Å². The summed E-state index contributed by atoms with van der Waals surface area (Å²) in [6.45, 7) is 0.141. The Morgan fingerprint density at radius 2 is 1.54 bits per heavy atom. The highest BCUT2D eigenvalue weighted by atomic mass is 19.1. The first-order valence-electron chi connectivity index (χ1n) is 12.2. The maximum Gasteiger partial charge on any atom is 0.272 e. The molecule has 0 unspecified atom stereocenters. The number of carbonyl (C=O) groups is 2. The lowest BCUT2D eigenvalue weighted by atomic mass is 10.0. The lowest BCUT2D eigenvalue weighted by molar-refractivity contribution is 0.0945. The fourth-order valence-electron chi connectivity index (χ4n) is 4.21. The van der Waals surface area contributed by atoms with Gasteiger partial charge < -0.3 is 16.4 Å². The number of nitrogens with zero attached hydrogens (tertiary/aromatic N) is 1. The number of hydrogen-bond acceptors (Lipinski definition) is 5. The zero-order chi connectivity index (χ0) is 27.4. The molecule has 5 N–H and O–H groups in total. The number of amides is 2. The minimum Gasteiger partial charge on any atom is -0.397 e. The summed E-state index contributed by atoms with van der Waals surface area (Å²) >= 11 is 0. The van der Waals surface area contributed by atoms with Crippen LogP contribution in [0.3, 0.4) is 0 Å². The van der Waals surface area contributed by atoms with Gasteiger partial charge in [0.15, 0.2) is 0 Å². The first kappa shape index (κ1) is 25.3. The number of aromatic amines is 1. The van der Waals surface area contributed by atoms with E-state index in [4.69, 9.17) is 5.73 Å². The normalized spacial score (nSPS) is 10.8. The van der Waals surface area contributed by atoms with Crippen LogP contribution in [0.2, 0.25) is 0 Å². The summed E-state index contributed by atoms with van der Waals surface area (Å²) in [7, 11) is 0. The van der Waals surface area contributed by atoms with Crippen molar-refractivity contribution in [2.45, 2.75) is 13.0 Å². The van der Waals surface area contributed by atoms with Crippen molar-refractivity contribution in [3.8, 4) is 0 Å². The maximum absolute atomic E-state index is 14.6. The molecular weight excluding hydrogens is 497 g/mol. The zero-order valence-electron chi connectivity index (χ0n) is 20.7. The van der Waals surface area contributed by atoms with Crippen molar-refractivity contribution in [3.05, 3.63) is 135 Å². The minimum atomic E-state index is -0.650. The largest absolute Gasteiger partial charge is 0.397 e. The lowest BCUT2D eigenvalue weighted by Crippen LogP contribution is -2.24. The predicted octanol–water partition coefficient (Wildman–Crippen LogP) is 4.42. The first-order valence-corrected chi connectivity index (χ1v) is 12.2. The van der Waals surface area contributed by atoms with Crippen molar-refractivity contribution in [3.63, 3.8) is 0 Å². The fourth-order valence-corrected chi connectivity index (χ4v) is 4.21. The molecule has 0 saturated heterocycles. The van der Waals surface area contributed by atoms with E-state index in [2.05, 4.69) is 20.8 Å². The molecule has 0 radical (unpaired) electrons. The number of anilines is 2. The number of halogens is 1. The molecule has 0 aliphatic rings. The quantitative estimate of drug-likeness (QED) is 0.236. The Hall–Kier alpha value is -5.31. The van der Waals surface area contributed by atoms with E-state index in [0.717, 1.165) is 5.56 Å². The molecular formula is C30H24FN5O3. The van der Waals surface area contributed by atoms with Crippen LogP contribution in [0.15, 0.2) is 95.8 Å². The van der Waals surface area contributed by atoms with Crippen molar-refractivity contribution in [1.82, 2.24) is 15.5 Å². The number of benzene rings is 4. The van der Waals surface area contributed by atoms with Crippen LogP contribution >= 0.6 is 0 Å². The summed E-state index contributed by atoms with van der Waals surface area (Å²) in [5.41, 5.74) is 8.91. The van der Waals surface area contributed by atoms with E-state index in [9.17, 15) is 18.8 Å². The molecule has 0 saturated carbocycles. The van der Waals surface area contributed by atoms with Gasteiger partial charge >= 0.3 is 0 Å². The standard InChI is InChI=1S/C30H24FN5O3/c31-24-14-11-19(16-27-21-5-1-2-6-22(21)30(39)36-35-27)15-23(24)29(38)33-17-18-9-12-20(13-10-18)28(37)34-26-8-4-3-7-25(26)32/h1-15H,16-17,32H2,(H,33,38)(H,34,37)(H,36,39). The number of aromatic nitrogens is 2. The molecule has 194 valence electrons. The predicted molar refractivity (Wildman–Crippen MR) is 148 cm³/mol. The maximum atomic E-state index is 14.6. The van der Waals surface area contributed by atoms with Gasteiger partial charge in [0, 0.05) is 23.9 Å². The van der Waals surface area contributed by atoms with E-state index < -0.39 is 11.7 Å². The summed E-state index contributed by atoms with van der Waals surface area (Å²) in [4.78, 5) is 37.4. The molecule has 1 heterocycles. The van der Waals surface area contributed by atoms with Crippen LogP contribution in [0.1, 0.15) is 37.5 Å². The number of carbonyl (C=O) groups excluding carboxylic acids is 2. The molecule has 5 rings (SSSR count). The highest BCUT2D eigenvalue weighted by molar-refractivity contribution is 6.05. The second-order valence-corrected chi connectivity index (χ2v) is 8.96. The summed E-state index contributed by atoms with van der Waals surface area (Å²) in [6, 6.07) is 25.1. The van der Waals surface area contributed by atoms with Gasteiger partial charge in [-0.3, -0.25) is 14.4 Å². The second-order valence-electron chi connectivity index (χ2n) is 8.96. The van der Waals surface area contributed by atoms with E-state index in [1.807, 2.05) is 6.07 Å². The number of H-pyrrole nitrogens is 1. The molecule has 1 aromatic heterocycles. The monoisotopic (exact) mass is 521 g/mol. The van der Waals surface area contributed by atoms with Gasteiger partial charge in [-0.1, -0.05) is 48.5 Å². The van der Waals surface area contributed by atoms with Gasteiger partial charge in [0.05, 0.1) is 28.0 Å². The van der Waals surface area contributed by atoms with Crippen LogP contribution in [0.25, 0.3) is 10.8 Å². The van der Waals surface area contributed by atoms with Crippen LogP contribution in [-0.2, 0) is 13.0 Å². The second kappa shape index (κ2) is 11.0. The molecule has 0 bridgehead atoms. The third kappa shape index (κ3) is 5.67. The van der Waals surface area contributed by atoms with Crippen LogP contribution < -0.4 is 21.9 Å². The van der Waals surface area contributed by atoms with Crippen LogP contribution in [-0.4, -0.2) is 22.0 Å². The van der Waals surface area contributed by atoms with Gasteiger partial charge in [0.2, 0.25) is 0 Å². The zero-order valence-corrected chi connectivity index (χ0v) is 20.7. The smallest absolute Gasteiger partial charge is 0.272 e. The highest BCUT2D eigenvalue weighted by Gasteiger charge is 2.15. The number of nitrogens with one attached hydrogen (secondary N) is 3. The van der Waals surface area contributed by atoms with E-state index in [-0.39, 0.29) is 23.6 Å². The van der Waals surface area contributed by atoms with Crippen molar-refractivity contribution in [2.24, 2.45) is 0 Å². The summed E-state index contributed by atoms with van der Waals surface area (Å²) in [5, 5.41) is 13.3. The molecule has 4 aromatic carbocycles. The molecule has 8 nitrogen and oxygen atoms in total. The Labute approximate surface area is 222 Å². The SMILES string of the molecule is Nc1ccccc1NC(=O)c1ccc(CNC(=O)c2cc(Cc3n[nH]c(=O)c4ccccc34)ccc2F)cc1. The number of nitrogen functional groups attached to an aromatic ring is 1. The first-order chi connectivity index (χ1) is 18.9. The topological polar surface area (TPSA) is 130 Å². The number of nitrogens with two attached hydrogens (primary N) is 1. The number of fused-ring (bicyclic) bond motifs is 1. The van der Waals surface area contributed by atoms with E-state index >= 15 is 0 Å². The molecule has 0 aliphatic heterocycles. The van der Waals surface area contributed by atoms with Gasteiger partial charge in [-0.05, 0) is 53.6 Å². The Bertz CT molecular complexity index is 1750. The third-order valence-electron chi connectivity index (χ3n) is 6.30. The molecule has 0 spiro atoms. The summed E-state index contributed by atoms with van der Waals surface area (Å²) < 4.78 is 14.6. The average molecular weight is 522 g/mol. The lowest BCUT2D eigenvalue weighted by Gasteiger charge is -2.10. The summed E-state index contributed by atoms with van der Waals surface area (Å²) in [5.74, 6) is -1.54. The molecule has 9 heteroatoms. The Kier molecular flexibility index (Phi) is 7.13. The van der Waals surface area contributed by atoms with Crippen molar-refractivity contribution >= 4 is 34.0 Å². The minimum absolute atomic E-state index is 0.0994. The highest BCUT2D eigenvalue weighted by Crippen LogP contribution is 2.20. The molecule has 2 amide bonds. The molecule has 0 fully saturated rings. The molecule has 0 aliphatic carbocycles. The van der Waals surface area contributed by atoms with Gasteiger partial charge in [-0.15, -0.1) is 0 Å². The Morgan fingerprint density at radius 3 is 2.31 bits per heavy atom. The fraction of sp³-hybridized carbons (Fsp3) is 0.0667. The number of para-hydroxylation sites is 2. The van der Waals surface area contributed by atoms with E-state index in [1.165, 1.54) is 12.1 Å². The van der Waals surface area contributed by atoms with Crippen LogP contribution in [0, 0.1) is 5.82 Å².